The first-order chi connectivity index (χ1) is 15.5. The van der Waals surface area contributed by atoms with Crippen molar-refractivity contribution >= 4 is 38.9 Å². The number of hydrogen-bond donors (Lipinski definition) is 2. The van der Waals surface area contributed by atoms with E-state index in [1.807, 2.05) is 0 Å². The highest BCUT2D eigenvalue weighted by molar-refractivity contribution is 7.92. The fourth-order valence-corrected chi connectivity index (χ4v) is 4.32. The second kappa shape index (κ2) is 9.72. The normalized spacial score (nSPS) is 11.7. The minimum atomic E-state index is -4.52. The molecule has 3 rings (SSSR count). The van der Waals surface area contributed by atoms with E-state index in [2.05, 4.69) is 10.0 Å². The molecule has 1 amide bonds. The molecule has 0 spiro atoms. The van der Waals surface area contributed by atoms with Crippen LogP contribution in [0.15, 0.2) is 71.6 Å². The quantitative estimate of drug-likeness (QED) is 0.460. The van der Waals surface area contributed by atoms with Crippen molar-refractivity contribution in [1.82, 2.24) is 0 Å². The molecule has 0 unspecified atom stereocenters. The summed E-state index contributed by atoms with van der Waals surface area (Å²) < 4.78 is 71.9. The summed E-state index contributed by atoms with van der Waals surface area (Å²) in [5.74, 6) is -0.583. The van der Waals surface area contributed by atoms with E-state index in [0.29, 0.717) is 5.02 Å². The van der Waals surface area contributed by atoms with Gasteiger partial charge in [-0.25, -0.2) is 8.42 Å². The van der Waals surface area contributed by atoms with Crippen LogP contribution in [0.5, 0.6) is 5.75 Å². The monoisotopic (exact) mass is 498 g/mol. The molecule has 0 aliphatic rings. The zero-order valence-electron chi connectivity index (χ0n) is 17.1. The summed E-state index contributed by atoms with van der Waals surface area (Å²) in [7, 11) is -2.81. The summed E-state index contributed by atoms with van der Waals surface area (Å²) in [6.07, 6.45) is -4.86. The van der Waals surface area contributed by atoms with E-state index in [9.17, 15) is 26.4 Å². The number of nitrogens with one attached hydrogen (secondary N) is 2. The SMILES string of the molecule is COc1ccc(NC(=O)Cc2cccc(C(F)(F)F)c2)cc1S(=O)(=O)Nc1ccc(Cl)cc1. The summed E-state index contributed by atoms with van der Waals surface area (Å²) in [6, 6.07) is 14.4. The molecule has 3 aromatic rings. The summed E-state index contributed by atoms with van der Waals surface area (Å²) in [4.78, 5) is 12.1. The van der Waals surface area contributed by atoms with E-state index in [0.717, 1.165) is 12.1 Å². The smallest absolute Gasteiger partial charge is 0.416 e. The topological polar surface area (TPSA) is 84.5 Å². The zero-order valence-corrected chi connectivity index (χ0v) is 18.7. The van der Waals surface area contributed by atoms with Crippen LogP contribution in [-0.4, -0.2) is 21.4 Å². The summed E-state index contributed by atoms with van der Waals surface area (Å²) in [5.41, 5.74) is -0.309. The van der Waals surface area contributed by atoms with Crippen molar-refractivity contribution in [3.05, 3.63) is 82.9 Å². The van der Waals surface area contributed by atoms with Crippen molar-refractivity contribution in [2.75, 3.05) is 17.1 Å². The molecule has 3 aromatic carbocycles. The number of hydrogen-bond acceptors (Lipinski definition) is 4. The summed E-state index contributed by atoms with van der Waals surface area (Å²) >= 11 is 5.81. The predicted molar refractivity (Wildman–Crippen MR) is 119 cm³/mol. The van der Waals surface area contributed by atoms with Crippen molar-refractivity contribution in [3.63, 3.8) is 0 Å². The molecule has 0 radical (unpaired) electrons. The highest BCUT2D eigenvalue weighted by atomic mass is 35.5. The van der Waals surface area contributed by atoms with Crippen LogP contribution >= 0.6 is 11.6 Å². The number of rotatable bonds is 7. The van der Waals surface area contributed by atoms with E-state index < -0.39 is 27.7 Å². The highest BCUT2D eigenvalue weighted by Crippen LogP contribution is 2.31. The Balaban J connectivity index is 1.80. The Hall–Kier alpha value is -3.24. The highest BCUT2D eigenvalue weighted by Gasteiger charge is 2.30. The lowest BCUT2D eigenvalue weighted by Crippen LogP contribution is -2.17. The third kappa shape index (κ3) is 6.39. The number of ether oxygens (including phenoxy) is 1. The first-order valence-electron chi connectivity index (χ1n) is 9.40. The molecule has 0 aromatic heterocycles. The molecular formula is C22H18ClF3N2O4S. The molecular weight excluding hydrogens is 481 g/mol. The molecule has 174 valence electrons. The number of anilines is 2. The molecule has 11 heteroatoms. The van der Waals surface area contributed by atoms with Gasteiger partial charge in [0, 0.05) is 16.4 Å². The first-order valence-corrected chi connectivity index (χ1v) is 11.3. The third-order valence-electron chi connectivity index (χ3n) is 4.45. The van der Waals surface area contributed by atoms with Crippen molar-refractivity contribution < 1.29 is 31.1 Å². The number of carbonyl (C=O) groups excluding carboxylic acids is 1. The molecule has 0 saturated carbocycles. The lowest BCUT2D eigenvalue weighted by atomic mass is 10.1. The standard InChI is InChI=1S/C22H18ClF3N2O4S/c1-32-19-10-9-18(13-20(19)33(30,31)28-17-7-5-16(23)6-8-17)27-21(29)12-14-3-2-4-15(11-14)22(24,25)26/h2-11,13,28H,12H2,1H3,(H,27,29). The Bertz CT molecular complexity index is 1260. The van der Waals surface area contributed by atoms with Crippen molar-refractivity contribution in [3.8, 4) is 5.75 Å². The predicted octanol–water partition coefficient (Wildman–Crippen LogP) is 5.35. The minimum Gasteiger partial charge on any atom is -0.495 e. The van der Waals surface area contributed by atoms with Gasteiger partial charge in [0.15, 0.2) is 0 Å². The van der Waals surface area contributed by atoms with Crippen molar-refractivity contribution in [2.24, 2.45) is 0 Å². The van der Waals surface area contributed by atoms with Crippen LogP contribution < -0.4 is 14.8 Å². The van der Waals surface area contributed by atoms with Gasteiger partial charge in [0.2, 0.25) is 5.91 Å². The largest absolute Gasteiger partial charge is 0.495 e. The van der Waals surface area contributed by atoms with Gasteiger partial charge >= 0.3 is 6.18 Å². The molecule has 33 heavy (non-hydrogen) atoms. The van der Waals surface area contributed by atoms with E-state index in [1.165, 1.54) is 61.7 Å². The molecule has 0 fully saturated rings. The minimum absolute atomic E-state index is 0.0346. The van der Waals surface area contributed by atoms with E-state index >= 15 is 0 Å². The number of sulfonamides is 1. The fourth-order valence-electron chi connectivity index (χ4n) is 2.94. The second-order valence-electron chi connectivity index (χ2n) is 6.90. The van der Waals surface area contributed by atoms with E-state index in [4.69, 9.17) is 16.3 Å². The van der Waals surface area contributed by atoms with Gasteiger partial charge in [0.05, 0.1) is 19.1 Å². The van der Waals surface area contributed by atoms with Gasteiger partial charge in [-0.15, -0.1) is 0 Å². The van der Waals surface area contributed by atoms with E-state index in [1.54, 1.807) is 0 Å². The Morgan fingerprint density at radius 1 is 1.00 bits per heavy atom. The maximum absolute atomic E-state index is 12.9. The first kappa shape index (κ1) is 24.4. The van der Waals surface area contributed by atoms with Gasteiger partial charge in [-0.2, -0.15) is 13.2 Å². The van der Waals surface area contributed by atoms with Crippen LogP contribution in [-0.2, 0) is 27.4 Å². The van der Waals surface area contributed by atoms with Gasteiger partial charge in [0.25, 0.3) is 10.0 Å². The second-order valence-corrected chi connectivity index (χ2v) is 8.99. The molecule has 0 saturated heterocycles. The summed E-state index contributed by atoms with van der Waals surface area (Å²) in [6.45, 7) is 0. The number of amides is 1. The number of carbonyl (C=O) groups is 1. The Kier molecular flexibility index (Phi) is 7.19. The Morgan fingerprint density at radius 2 is 1.67 bits per heavy atom. The average Bonchev–Trinajstić information content (AvgIpc) is 2.74. The van der Waals surface area contributed by atoms with Crippen LogP contribution in [0, 0.1) is 0 Å². The molecule has 2 N–H and O–H groups in total. The maximum Gasteiger partial charge on any atom is 0.416 e. The van der Waals surface area contributed by atoms with Gasteiger partial charge in [0.1, 0.15) is 10.6 Å². The zero-order chi connectivity index (χ0) is 24.2. The van der Waals surface area contributed by atoms with Crippen LogP contribution in [0.25, 0.3) is 0 Å². The molecule has 0 aliphatic heterocycles. The van der Waals surface area contributed by atoms with Crippen LogP contribution in [0.1, 0.15) is 11.1 Å². The fraction of sp³-hybridized carbons (Fsp3) is 0.136. The van der Waals surface area contributed by atoms with Crippen molar-refractivity contribution in [1.29, 1.82) is 0 Å². The molecule has 0 bridgehead atoms. The maximum atomic E-state index is 12.9. The van der Waals surface area contributed by atoms with Crippen molar-refractivity contribution in [2.45, 2.75) is 17.5 Å². The van der Waals surface area contributed by atoms with Gasteiger partial charge in [-0.3, -0.25) is 9.52 Å². The number of benzene rings is 3. The van der Waals surface area contributed by atoms with Gasteiger partial charge < -0.3 is 10.1 Å². The van der Waals surface area contributed by atoms with Gasteiger partial charge in [-0.1, -0.05) is 29.8 Å². The van der Waals surface area contributed by atoms with Crippen LogP contribution in [0.4, 0.5) is 24.5 Å². The number of halogens is 4. The van der Waals surface area contributed by atoms with Crippen LogP contribution in [0.3, 0.4) is 0 Å². The van der Waals surface area contributed by atoms with E-state index in [-0.39, 0.29) is 34.0 Å². The lowest BCUT2D eigenvalue weighted by Gasteiger charge is -2.14. The molecule has 0 aliphatic carbocycles. The summed E-state index contributed by atoms with van der Waals surface area (Å²) in [5, 5.41) is 2.93. The number of methoxy groups -OCH3 is 1. The number of alkyl halides is 3. The molecule has 6 nitrogen and oxygen atoms in total. The third-order valence-corrected chi connectivity index (χ3v) is 6.11. The van der Waals surface area contributed by atoms with Crippen LogP contribution in [0.2, 0.25) is 5.02 Å². The Labute approximate surface area is 193 Å². The molecule has 0 atom stereocenters. The lowest BCUT2D eigenvalue weighted by molar-refractivity contribution is -0.137. The Morgan fingerprint density at radius 3 is 2.30 bits per heavy atom. The molecule has 0 heterocycles. The van der Waals surface area contributed by atoms with Gasteiger partial charge in [-0.05, 0) is 54.1 Å². The average molecular weight is 499 g/mol.